The summed E-state index contributed by atoms with van der Waals surface area (Å²) in [5.41, 5.74) is 4.96. The number of carbonyl (C=O) groups is 1. The van der Waals surface area contributed by atoms with Gasteiger partial charge < -0.3 is 5.32 Å². The van der Waals surface area contributed by atoms with E-state index in [0.717, 1.165) is 27.3 Å². The molecule has 27 heavy (non-hydrogen) atoms. The summed E-state index contributed by atoms with van der Waals surface area (Å²) in [4.78, 5) is 12.8. The predicted molar refractivity (Wildman–Crippen MR) is 110 cm³/mol. The number of hydrogen-bond acceptors (Lipinski definition) is 3. The molecule has 0 fully saturated rings. The summed E-state index contributed by atoms with van der Waals surface area (Å²) in [6.45, 7) is 9.62. The molecule has 2 unspecified atom stereocenters. The minimum atomic E-state index is -3.61. The second-order valence-corrected chi connectivity index (χ2v) is 8.95. The van der Waals surface area contributed by atoms with Gasteiger partial charge in [0.1, 0.15) is 6.04 Å². The minimum Gasteiger partial charge on any atom is -0.348 e. The summed E-state index contributed by atoms with van der Waals surface area (Å²) in [6, 6.07) is 11.8. The number of nitrogens with one attached hydrogen (secondary N) is 1. The number of sulfonamides is 1. The Hall–Kier alpha value is -2.34. The molecular formula is C21H28N2O3S. The first kappa shape index (κ1) is 21.0. The van der Waals surface area contributed by atoms with Crippen molar-refractivity contribution in [2.75, 3.05) is 10.6 Å². The van der Waals surface area contributed by atoms with Crippen molar-refractivity contribution in [3.63, 3.8) is 0 Å². The maximum absolute atomic E-state index is 12.8. The molecule has 2 atom stereocenters. The van der Waals surface area contributed by atoms with Crippen LogP contribution in [0.2, 0.25) is 0 Å². The van der Waals surface area contributed by atoms with E-state index in [1.165, 1.54) is 5.56 Å². The highest BCUT2D eigenvalue weighted by Crippen LogP contribution is 2.23. The molecule has 2 aromatic rings. The molecule has 0 heterocycles. The second kappa shape index (κ2) is 8.13. The number of amides is 1. The van der Waals surface area contributed by atoms with Crippen LogP contribution in [0.5, 0.6) is 0 Å². The smallest absolute Gasteiger partial charge is 0.244 e. The third kappa shape index (κ3) is 4.89. The SMILES string of the molecule is Cc1cc(C)c(C(C)NC(=O)C(C)N(c2ccccc2)S(C)(=O)=O)cc1C. The number of aryl methyl sites for hydroxylation is 3. The monoisotopic (exact) mass is 388 g/mol. The first-order chi connectivity index (χ1) is 12.5. The van der Waals surface area contributed by atoms with Gasteiger partial charge >= 0.3 is 0 Å². The molecule has 0 bridgehead atoms. The van der Waals surface area contributed by atoms with E-state index in [1.54, 1.807) is 37.3 Å². The molecule has 0 radical (unpaired) electrons. The zero-order valence-corrected chi connectivity index (χ0v) is 17.6. The highest BCUT2D eigenvalue weighted by Gasteiger charge is 2.29. The molecule has 0 aliphatic rings. The number of rotatable bonds is 6. The van der Waals surface area contributed by atoms with Gasteiger partial charge in [-0.15, -0.1) is 0 Å². The Morgan fingerprint density at radius 3 is 2.07 bits per heavy atom. The van der Waals surface area contributed by atoms with Gasteiger partial charge in [-0.05, 0) is 69.0 Å². The van der Waals surface area contributed by atoms with Crippen molar-refractivity contribution in [1.29, 1.82) is 0 Å². The highest BCUT2D eigenvalue weighted by molar-refractivity contribution is 7.92. The second-order valence-electron chi connectivity index (χ2n) is 7.09. The minimum absolute atomic E-state index is 0.226. The van der Waals surface area contributed by atoms with Crippen molar-refractivity contribution >= 4 is 21.6 Å². The molecule has 0 spiro atoms. The van der Waals surface area contributed by atoms with E-state index in [-0.39, 0.29) is 11.9 Å². The molecule has 0 aliphatic carbocycles. The van der Waals surface area contributed by atoms with Crippen LogP contribution in [-0.4, -0.2) is 26.6 Å². The van der Waals surface area contributed by atoms with Crippen molar-refractivity contribution in [2.45, 2.75) is 46.7 Å². The van der Waals surface area contributed by atoms with Gasteiger partial charge in [-0.3, -0.25) is 9.10 Å². The van der Waals surface area contributed by atoms with Gasteiger partial charge in [0.2, 0.25) is 15.9 Å². The van der Waals surface area contributed by atoms with E-state index in [9.17, 15) is 13.2 Å². The van der Waals surface area contributed by atoms with Crippen LogP contribution in [0.3, 0.4) is 0 Å². The molecule has 2 rings (SSSR count). The fourth-order valence-corrected chi connectivity index (χ4v) is 4.42. The quantitative estimate of drug-likeness (QED) is 0.821. The van der Waals surface area contributed by atoms with Crippen LogP contribution >= 0.6 is 0 Å². The summed E-state index contributed by atoms with van der Waals surface area (Å²) in [5, 5.41) is 2.96. The highest BCUT2D eigenvalue weighted by atomic mass is 32.2. The fourth-order valence-electron chi connectivity index (χ4n) is 3.24. The van der Waals surface area contributed by atoms with Crippen LogP contribution in [0.25, 0.3) is 0 Å². The largest absolute Gasteiger partial charge is 0.348 e. The normalized spacial score (nSPS) is 13.7. The van der Waals surface area contributed by atoms with E-state index in [4.69, 9.17) is 0 Å². The Kier molecular flexibility index (Phi) is 6.31. The Bertz CT molecular complexity index is 924. The Morgan fingerprint density at radius 2 is 1.52 bits per heavy atom. The van der Waals surface area contributed by atoms with Gasteiger partial charge in [0, 0.05) is 0 Å². The zero-order chi connectivity index (χ0) is 20.4. The first-order valence-corrected chi connectivity index (χ1v) is 10.8. The van der Waals surface area contributed by atoms with Crippen LogP contribution < -0.4 is 9.62 Å². The molecule has 1 amide bonds. The lowest BCUT2D eigenvalue weighted by Crippen LogP contribution is -2.48. The lowest BCUT2D eigenvalue weighted by Gasteiger charge is -2.29. The van der Waals surface area contributed by atoms with Gasteiger partial charge in [0.15, 0.2) is 0 Å². The van der Waals surface area contributed by atoms with Gasteiger partial charge in [-0.1, -0.05) is 30.3 Å². The first-order valence-electron chi connectivity index (χ1n) is 8.95. The van der Waals surface area contributed by atoms with Gasteiger partial charge in [-0.2, -0.15) is 0 Å². The summed E-state index contributed by atoms with van der Waals surface area (Å²) in [6.07, 6.45) is 1.11. The number of nitrogens with zero attached hydrogens (tertiary/aromatic N) is 1. The van der Waals surface area contributed by atoms with Crippen LogP contribution in [0.1, 0.15) is 42.1 Å². The van der Waals surface area contributed by atoms with Gasteiger partial charge in [0.05, 0.1) is 18.0 Å². The topological polar surface area (TPSA) is 66.5 Å². The summed E-state index contributed by atoms with van der Waals surface area (Å²) >= 11 is 0. The number of anilines is 1. The molecule has 0 aromatic heterocycles. The summed E-state index contributed by atoms with van der Waals surface area (Å²) in [5.74, 6) is -0.339. The number of hydrogen-bond donors (Lipinski definition) is 1. The van der Waals surface area contributed by atoms with E-state index in [1.807, 2.05) is 20.8 Å². The van der Waals surface area contributed by atoms with Crippen molar-refractivity contribution < 1.29 is 13.2 Å². The van der Waals surface area contributed by atoms with Crippen molar-refractivity contribution in [1.82, 2.24) is 5.32 Å². The summed E-state index contributed by atoms with van der Waals surface area (Å²) in [7, 11) is -3.61. The fraction of sp³-hybridized carbons (Fsp3) is 0.381. The predicted octanol–water partition coefficient (Wildman–Crippen LogP) is 3.64. The van der Waals surface area contributed by atoms with Crippen LogP contribution in [0.4, 0.5) is 5.69 Å². The third-order valence-corrected chi connectivity index (χ3v) is 6.05. The van der Waals surface area contributed by atoms with Crippen molar-refractivity contribution in [3.05, 3.63) is 64.7 Å². The molecular weight excluding hydrogens is 360 g/mol. The number of benzene rings is 2. The maximum Gasteiger partial charge on any atom is 0.244 e. The Labute approximate surface area is 162 Å². The average Bonchev–Trinajstić information content (AvgIpc) is 2.57. The van der Waals surface area contributed by atoms with Gasteiger partial charge in [-0.25, -0.2) is 8.42 Å². The molecule has 0 saturated heterocycles. The molecule has 2 aromatic carbocycles. The lowest BCUT2D eigenvalue weighted by atomic mass is 9.96. The Balaban J connectivity index is 2.27. The standard InChI is InChI=1S/C21H28N2O3S/c1-14-12-16(3)20(13-15(14)2)17(4)22-21(24)18(5)23(27(6,25)26)19-10-8-7-9-11-19/h7-13,17-18H,1-6H3,(H,22,24). The number of para-hydroxylation sites is 1. The van der Waals surface area contributed by atoms with E-state index >= 15 is 0 Å². The third-order valence-electron chi connectivity index (χ3n) is 4.81. The summed E-state index contributed by atoms with van der Waals surface area (Å²) < 4.78 is 25.8. The molecule has 0 saturated carbocycles. The van der Waals surface area contributed by atoms with Crippen LogP contribution in [-0.2, 0) is 14.8 Å². The maximum atomic E-state index is 12.8. The molecule has 1 N–H and O–H groups in total. The average molecular weight is 389 g/mol. The zero-order valence-electron chi connectivity index (χ0n) is 16.8. The van der Waals surface area contributed by atoms with Gasteiger partial charge in [0.25, 0.3) is 0 Å². The van der Waals surface area contributed by atoms with Crippen LogP contribution in [0, 0.1) is 20.8 Å². The van der Waals surface area contributed by atoms with E-state index < -0.39 is 16.1 Å². The lowest BCUT2D eigenvalue weighted by molar-refractivity contribution is -0.122. The molecule has 6 heteroatoms. The molecule has 0 aliphatic heterocycles. The van der Waals surface area contributed by atoms with Crippen molar-refractivity contribution in [2.24, 2.45) is 0 Å². The van der Waals surface area contributed by atoms with E-state index in [0.29, 0.717) is 5.69 Å². The number of carbonyl (C=O) groups excluding carboxylic acids is 1. The molecule has 5 nitrogen and oxygen atoms in total. The molecule has 146 valence electrons. The van der Waals surface area contributed by atoms with Crippen LogP contribution in [0.15, 0.2) is 42.5 Å². The Morgan fingerprint density at radius 1 is 0.963 bits per heavy atom. The van der Waals surface area contributed by atoms with Crippen molar-refractivity contribution in [3.8, 4) is 0 Å². The van der Waals surface area contributed by atoms with E-state index in [2.05, 4.69) is 24.4 Å².